The Hall–Kier alpha value is -0.980. The van der Waals surface area contributed by atoms with Gasteiger partial charge in [0.2, 0.25) is 5.75 Å². The van der Waals surface area contributed by atoms with Crippen LogP contribution >= 0.6 is 0 Å². The summed E-state index contributed by atoms with van der Waals surface area (Å²) < 4.78 is 3.89. The monoisotopic (exact) mass is 150 g/mol. The van der Waals surface area contributed by atoms with Crippen molar-refractivity contribution in [3.8, 4) is 5.75 Å². The molecular weight excluding hydrogens is 136 g/mol. The molecule has 0 heterocycles. The van der Waals surface area contributed by atoms with Crippen LogP contribution in [0.4, 0.5) is 0 Å². The van der Waals surface area contributed by atoms with E-state index in [1.54, 1.807) is 0 Å². The van der Waals surface area contributed by atoms with Crippen LogP contribution in [-0.2, 0) is 6.42 Å². The molecule has 1 nitrogen and oxygen atoms in total. The van der Waals surface area contributed by atoms with Crippen molar-refractivity contribution in [1.29, 1.82) is 0 Å². The minimum Gasteiger partial charge on any atom is -0.722 e. The van der Waals surface area contributed by atoms with Crippen LogP contribution in [0.1, 0.15) is 18.1 Å². The lowest BCUT2D eigenvalue weighted by Gasteiger charge is -2.05. The maximum atomic E-state index is 3.89. The molecular formula is C10H14O. The zero-order valence-corrected chi connectivity index (χ0v) is 7.09. The van der Waals surface area contributed by atoms with E-state index in [4.69, 9.17) is 0 Å². The van der Waals surface area contributed by atoms with Crippen LogP contribution in [0.15, 0.2) is 18.2 Å². The molecule has 60 valence electrons. The molecule has 0 bridgehead atoms. The third-order valence-electron chi connectivity index (χ3n) is 1.71. The molecule has 1 N–H and O–H groups in total. The molecule has 1 aromatic carbocycles. The van der Waals surface area contributed by atoms with Crippen molar-refractivity contribution >= 4 is 0 Å². The van der Waals surface area contributed by atoms with Gasteiger partial charge in [-0.2, -0.15) is 0 Å². The lowest BCUT2D eigenvalue weighted by Crippen LogP contribution is -1.84. The van der Waals surface area contributed by atoms with Gasteiger partial charge in [0.25, 0.3) is 0 Å². The Bertz CT molecular complexity index is 218. The van der Waals surface area contributed by atoms with E-state index in [2.05, 4.69) is 37.8 Å². The van der Waals surface area contributed by atoms with E-state index < -0.39 is 0 Å². The Morgan fingerprint density at radius 2 is 2.09 bits per heavy atom. The van der Waals surface area contributed by atoms with Gasteiger partial charge in [-0.1, -0.05) is 13.0 Å². The summed E-state index contributed by atoms with van der Waals surface area (Å²) in [4.78, 5) is 0. The molecule has 11 heavy (non-hydrogen) atoms. The van der Waals surface area contributed by atoms with Gasteiger partial charge in [-0.15, -0.1) is 0 Å². The average molecular weight is 150 g/mol. The lowest BCUT2D eigenvalue weighted by atomic mass is 10.1. The molecule has 1 heteroatoms. The highest BCUT2D eigenvalue weighted by Crippen LogP contribution is 2.17. The van der Waals surface area contributed by atoms with Gasteiger partial charge in [0.1, 0.15) is 0 Å². The molecule has 0 aliphatic carbocycles. The number of hydrogen-bond donors (Lipinski definition) is 0. The van der Waals surface area contributed by atoms with Gasteiger partial charge in [0, 0.05) is 12.1 Å². The van der Waals surface area contributed by atoms with Gasteiger partial charge in [-0.3, -0.25) is 0 Å². The fraction of sp³-hybridized carbons (Fsp3) is 0.300. The zero-order chi connectivity index (χ0) is 8.27. The van der Waals surface area contributed by atoms with Crippen molar-refractivity contribution in [2.45, 2.75) is 20.3 Å². The Morgan fingerprint density at radius 3 is 2.64 bits per heavy atom. The van der Waals surface area contributed by atoms with Gasteiger partial charge in [0.15, 0.2) is 0 Å². The predicted molar refractivity (Wildman–Crippen MR) is 47.6 cm³/mol. The first-order valence-corrected chi connectivity index (χ1v) is 3.83. The van der Waals surface area contributed by atoms with Crippen molar-refractivity contribution in [2.24, 2.45) is 0 Å². The largest absolute Gasteiger partial charge is 0.722 e. The Balaban J connectivity index is 3.02. The summed E-state index contributed by atoms with van der Waals surface area (Å²) in [5.74, 6) is 0.974. The van der Waals surface area contributed by atoms with Crippen molar-refractivity contribution in [1.82, 2.24) is 0 Å². The minimum atomic E-state index is 0.974. The summed E-state index contributed by atoms with van der Waals surface area (Å²) in [6.07, 6.45) is 1.06. The molecule has 1 aromatic rings. The number of ether oxygens (including phenoxy) is 1. The third kappa shape index (κ3) is 1.97. The second-order valence-corrected chi connectivity index (χ2v) is 2.69. The number of aromatic hydroxyl groups is 1. The highest BCUT2D eigenvalue weighted by Gasteiger charge is 1.97. The van der Waals surface area contributed by atoms with Crippen LogP contribution in [0.5, 0.6) is 5.75 Å². The summed E-state index contributed by atoms with van der Waals surface area (Å²) in [6, 6.07) is 6.28. The first kappa shape index (κ1) is 8.12. The quantitative estimate of drug-likeness (QED) is 0.454. The summed E-state index contributed by atoms with van der Waals surface area (Å²) in [6.45, 7) is 4.22. The molecule has 0 atom stereocenters. The van der Waals surface area contributed by atoms with Gasteiger partial charge < -0.3 is 4.74 Å². The van der Waals surface area contributed by atoms with Gasteiger partial charge >= 0.3 is 0 Å². The minimum absolute atomic E-state index is 0.974. The molecule has 0 amide bonds. The smallest absolute Gasteiger partial charge is 0.226 e. The highest BCUT2D eigenvalue weighted by molar-refractivity contribution is 5.33. The summed E-state index contributed by atoms with van der Waals surface area (Å²) in [5, 5.41) is 0. The van der Waals surface area contributed by atoms with E-state index in [-0.39, 0.29) is 0 Å². The van der Waals surface area contributed by atoms with E-state index in [1.165, 1.54) is 11.1 Å². The normalized spacial score (nSPS) is 9.73. The molecule has 0 unspecified atom stereocenters. The summed E-state index contributed by atoms with van der Waals surface area (Å²) in [5.41, 5.74) is 2.58. The number of aliphatic hydroxyl groups is 1. The standard InChI is InChI=1S/C10H14O/c1-4-9-5-8(2)6-10(7-9)11-3/h5-7,11H,3-4H2,1-2H3. The number of benzene rings is 1. The second kappa shape index (κ2) is 3.42. The van der Waals surface area contributed by atoms with Crippen LogP contribution in [0, 0.1) is 14.0 Å². The maximum Gasteiger partial charge on any atom is 0.226 e. The van der Waals surface area contributed by atoms with Crippen LogP contribution in [-0.4, -0.2) is 4.74 Å². The first-order valence-electron chi connectivity index (χ1n) is 3.83. The molecule has 0 fully saturated rings. The molecule has 0 aliphatic heterocycles. The van der Waals surface area contributed by atoms with Crippen LogP contribution in [0.25, 0.3) is 0 Å². The Morgan fingerprint density at radius 1 is 1.36 bits per heavy atom. The molecule has 0 aliphatic rings. The van der Waals surface area contributed by atoms with Gasteiger partial charge in [-0.25, -0.2) is 0 Å². The van der Waals surface area contributed by atoms with E-state index in [9.17, 15) is 0 Å². The van der Waals surface area contributed by atoms with E-state index in [0.29, 0.717) is 0 Å². The second-order valence-electron chi connectivity index (χ2n) is 2.69. The van der Waals surface area contributed by atoms with Crippen molar-refractivity contribution in [3.63, 3.8) is 0 Å². The third-order valence-corrected chi connectivity index (χ3v) is 1.71. The fourth-order valence-electron chi connectivity index (χ4n) is 1.14. The molecule has 0 aromatic heterocycles. The maximum absolute atomic E-state index is 3.89. The van der Waals surface area contributed by atoms with Crippen molar-refractivity contribution < 1.29 is 4.74 Å². The Kier molecular flexibility index (Phi) is 2.53. The van der Waals surface area contributed by atoms with E-state index in [0.717, 1.165) is 12.2 Å². The van der Waals surface area contributed by atoms with Crippen LogP contribution in [0.3, 0.4) is 0 Å². The van der Waals surface area contributed by atoms with E-state index >= 15 is 0 Å². The number of aryl methyl sites for hydroxylation is 2. The van der Waals surface area contributed by atoms with Crippen molar-refractivity contribution in [3.05, 3.63) is 36.4 Å². The van der Waals surface area contributed by atoms with E-state index in [1.807, 2.05) is 6.07 Å². The molecule has 0 saturated carbocycles. The average Bonchev–Trinajstić information content (AvgIpc) is 2.03. The molecule has 0 spiro atoms. The first-order chi connectivity index (χ1) is 5.26. The molecule has 1 rings (SSSR count). The summed E-state index contributed by atoms with van der Waals surface area (Å²) in [7, 11) is 3.50. The Labute approximate surface area is 68.0 Å². The number of hydrogen-bond acceptors (Lipinski definition) is 0. The SMILES string of the molecule is [CH2-][OH+]c1cc(C)cc(CC)c1. The number of rotatable bonds is 2. The zero-order valence-electron chi connectivity index (χ0n) is 7.09. The molecule has 0 radical (unpaired) electrons. The predicted octanol–water partition coefficient (Wildman–Crippen LogP) is 2.59. The topological polar surface area (TPSA) is 12.8 Å². The van der Waals surface area contributed by atoms with Crippen LogP contribution in [0.2, 0.25) is 0 Å². The fourth-order valence-corrected chi connectivity index (χ4v) is 1.14. The van der Waals surface area contributed by atoms with Crippen LogP contribution < -0.4 is 0 Å². The lowest BCUT2D eigenvalue weighted by molar-refractivity contribution is 0.185. The molecule has 0 saturated heterocycles. The highest BCUT2D eigenvalue weighted by atomic mass is 16.5. The van der Waals surface area contributed by atoms with Gasteiger partial charge in [-0.05, 0) is 31.6 Å². The van der Waals surface area contributed by atoms with Crippen molar-refractivity contribution in [2.75, 3.05) is 0 Å². The van der Waals surface area contributed by atoms with Gasteiger partial charge in [0.05, 0.1) is 0 Å². The summed E-state index contributed by atoms with van der Waals surface area (Å²) >= 11 is 0.